The highest BCUT2D eigenvalue weighted by Crippen LogP contribution is 2.35. The van der Waals surface area contributed by atoms with Crippen LogP contribution in [0.4, 0.5) is 14.5 Å². The largest absolute Gasteiger partial charge is 0.496 e. The molecule has 0 radical (unpaired) electrons. The second kappa shape index (κ2) is 7.77. The molecule has 0 aliphatic carbocycles. The molecule has 0 fully saturated rings. The van der Waals surface area contributed by atoms with E-state index in [-0.39, 0.29) is 0 Å². The van der Waals surface area contributed by atoms with E-state index in [1.165, 1.54) is 14.2 Å². The fourth-order valence-corrected chi connectivity index (χ4v) is 3.01. The van der Waals surface area contributed by atoms with Crippen LogP contribution in [-0.2, 0) is 4.79 Å². The quantitative estimate of drug-likeness (QED) is 0.806. The number of ether oxygens (including phenoxy) is 2. The standard InChI is InChI=1S/C18H19F2N5O3/c1-9-15(18(26)23-16-11(19)7-21-8-12(16)20)24-25(2)17(9)10-6-22-14(28-4)5-13(10)27-3/h5-8,15,24H,1-4H3,(H,21,23,26). The molecule has 3 heterocycles. The van der Waals surface area contributed by atoms with Crippen LogP contribution in [0.15, 0.2) is 30.2 Å². The van der Waals surface area contributed by atoms with E-state index >= 15 is 0 Å². The second-order valence-electron chi connectivity index (χ2n) is 6.05. The predicted molar refractivity (Wildman–Crippen MR) is 97.4 cm³/mol. The number of amides is 1. The van der Waals surface area contributed by atoms with Gasteiger partial charge in [0, 0.05) is 19.3 Å². The number of carbonyl (C=O) groups excluding carboxylic acids is 1. The Morgan fingerprint density at radius 2 is 1.89 bits per heavy atom. The summed E-state index contributed by atoms with van der Waals surface area (Å²) in [7, 11) is 4.71. The monoisotopic (exact) mass is 391 g/mol. The lowest BCUT2D eigenvalue weighted by atomic mass is 10.0. The molecular weight excluding hydrogens is 372 g/mol. The molecule has 2 aromatic rings. The van der Waals surface area contributed by atoms with Crippen molar-refractivity contribution in [3.05, 3.63) is 47.4 Å². The molecule has 2 aromatic heterocycles. The average Bonchev–Trinajstić information content (AvgIpc) is 2.98. The third kappa shape index (κ3) is 3.46. The van der Waals surface area contributed by atoms with E-state index in [0.717, 1.165) is 12.4 Å². The van der Waals surface area contributed by atoms with Crippen LogP contribution in [0.5, 0.6) is 11.6 Å². The molecule has 1 aliphatic heterocycles. The lowest BCUT2D eigenvalue weighted by Crippen LogP contribution is -2.42. The van der Waals surface area contributed by atoms with Gasteiger partial charge in [0.2, 0.25) is 11.8 Å². The maximum Gasteiger partial charge on any atom is 0.247 e. The van der Waals surface area contributed by atoms with E-state index in [0.29, 0.717) is 28.5 Å². The Labute approximate surface area is 160 Å². The Morgan fingerprint density at radius 1 is 1.21 bits per heavy atom. The van der Waals surface area contributed by atoms with E-state index in [4.69, 9.17) is 9.47 Å². The molecule has 1 amide bonds. The summed E-state index contributed by atoms with van der Waals surface area (Å²) in [6, 6.07) is 0.775. The molecule has 2 N–H and O–H groups in total. The number of nitrogens with zero attached hydrogens (tertiary/aromatic N) is 3. The minimum absolute atomic E-state index is 0.380. The van der Waals surface area contributed by atoms with Gasteiger partial charge >= 0.3 is 0 Å². The number of pyridine rings is 2. The summed E-state index contributed by atoms with van der Waals surface area (Å²) in [5.41, 5.74) is 4.33. The molecule has 10 heteroatoms. The Bertz CT molecular complexity index is 931. The zero-order valence-electron chi connectivity index (χ0n) is 15.7. The van der Waals surface area contributed by atoms with Crippen molar-refractivity contribution in [1.82, 2.24) is 20.4 Å². The number of nitrogens with one attached hydrogen (secondary N) is 2. The highest BCUT2D eigenvalue weighted by atomic mass is 19.1. The number of carbonyl (C=O) groups is 1. The minimum atomic E-state index is -0.956. The summed E-state index contributed by atoms with van der Waals surface area (Å²) in [4.78, 5) is 20.2. The van der Waals surface area contributed by atoms with E-state index in [2.05, 4.69) is 20.7 Å². The van der Waals surface area contributed by atoms with Crippen molar-refractivity contribution in [3.8, 4) is 11.6 Å². The molecule has 1 unspecified atom stereocenters. The highest BCUT2D eigenvalue weighted by Gasteiger charge is 2.34. The van der Waals surface area contributed by atoms with E-state index in [1.807, 2.05) is 0 Å². The lowest BCUT2D eigenvalue weighted by Gasteiger charge is -2.20. The normalized spacial score (nSPS) is 16.4. The molecule has 0 saturated carbocycles. The minimum Gasteiger partial charge on any atom is -0.496 e. The number of methoxy groups -OCH3 is 2. The van der Waals surface area contributed by atoms with Crippen LogP contribution < -0.4 is 20.2 Å². The van der Waals surface area contributed by atoms with Crippen LogP contribution in [-0.4, -0.2) is 48.2 Å². The molecule has 0 spiro atoms. The molecule has 1 atom stereocenters. The smallest absolute Gasteiger partial charge is 0.247 e. The van der Waals surface area contributed by atoms with Crippen molar-refractivity contribution < 1.29 is 23.0 Å². The lowest BCUT2D eigenvalue weighted by molar-refractivity contribution is -0.117. The fraction of sp³-hybridized carbons (Fsp3) is 0.278. The van der Waals surface area contributed by atoms with Gasteiger partial charge in [-0.15, -0.1) is 0 Å². The maximum absolute atomic E-state index is 13.8. The summed E-state index contributed by atoms with van der Waals surface area (Å²) in [5.74, 6) is -1.65. The summed E-state index contributed by atoms with van der Waals surface area (Å²) in [6.45, 7) is 1.74. The van der Waals surface area contributed by atoms with Crippen LogP contribution in [0.25, 0.3) is 5.70 Å². The Kier molecular flexibility index (Phi) is 5.41. The molecule has 28 heavy (non-hydrogen) atoms. The van der Waals surface area contributed by atoms with Gasteiger partial charge in [-0.05, 0) is 12.5 Å². The number of hydrazine groups is 1. The summed E-state index contributed by atoms with van der Waals surface area (Å²) in [5, 5.41) is 3.90. The van der Waals surface area contributed by atoms with E-state index in [9.17, 15) is 13.6 Å². The van der Waals surface area contributed by atoms with Crippen LogP contribution in [0.3, 0.4) is 0 Å². The van der Waals surface area contributed by atoms with Crippen molar-refractivity contribution in [1.29, 1.82) is 0 Å². The van der Waals surface area contributed by atoms with Crippen molar-refractivity contribution >= 4 is 17.3 Å². The molecule has 0 aromatic carbocycles. The van der Waals surface area contributed by atoms with Crippen LogP contribution >= 0.6 is 0 Å². The SMILES string of the molecule is COc1cc(OC)c(C2=C(C)C(C(=O)Nc3c(F)cncc3F)NN2C)cn1. The van der Waals surface area contributed by atoms with Gasteiger partial charge in [-0.3, -0.25) is 9.78 Å². The van der Waals surface area contributed by atoms with Gasteiger partial charge in [-0.2, -0.15) is 0 Å². The first-order chi connectivity index (χ1) is 13.4. The summed E-state index contributed by atoms with van der Waals surface area (Å²) in [6.07, 6.45) is 3.22. The molecule has 1 aliphatic rings. The number of hydrogen-bond donors (Lipinski definition) is 2. The first-order valence-electron chi connectivity index (χ1n) is 8.26. The van der Waals surface area contributed by atoms with Crippen LogP contribution in [0, 0.1) is 11.6 Å². The fourth-order valence-electron chi connectivity index (χ4n) is 3.01. The predicted octanol–water partition coefficient (Wildman–Crippen LogP) is 1.96. The zero-order valence-corrected chi connectivity index (χ0v) is 15.7. The zero-order chi connectivity index (χ0) is 20.4. The van der Waals surface area contributed by atoms with E-state index < -0.39 is 29.3 Å². The van der Waals surface area contributed by atoms with Crippen LogP contribution in [0.1, 0.15) is 12.5 Å². The number of hydrogen-bond acceptors (Lipinski definition) is 7. The second-order valence-corrected chi connectivity index (χ2v) is 6.05. The summed E-state index contributed by atoms with van der Waals surface area (Å²) < 4.78 is 38.1. The van der Waals surface area contributed by atoms with Crippen molar-refractivity contribution in [2.75, 3.05) is 26.6 Å². The van der Waals surface area contributed by atoms with Gasteiger partial charge < -0.3 is 19.8 Å². The third-order valence-corrected chi connectivity index (χ3v) is 4.35. The number of rotatable bonds is 5. The van der Waals surface area contributed by atoms with Gasteiger partial charge in [0.25, 0.3) is 0 Å². The Morgan fingerprint density at radius 3 is 2.50 bits per heavy atom. The van der Waals surface area contributed by atoms with Gasteiger partial charge in [0.1, 0.15) is 17.5 Å². The molecule has 8 nitrogen and oxygen atoms in total. The first-order valence-corrected chi connectivity index (χ1v) is 8.26. The first kappa shape index (κ1) is 19.5. The van der Waals surface area contributed by atoms with Gasteiger partial charge in [0.05, 0.1) is 37.9 Å². The van der Waals surface area contributed by atoms with Gasteiger partial charge in [-0.1, -0.05) is 0 Å². The topological polar surface area (TPSA) is 88.6 Å². The molecule has 148 valence electrons. The number of anilines is 1. The van der Waals surface area contributed by atoms with Crippen molar-refractivity contribution in [2.24, 2.45) is 0 Å². The van der Waals surface area contributed by atoms with Gasteiger partial charge in [-0.25, -0.2) is 19.2 Å². The Hall–Kier alpha value is -3.27. The van der Waals surface area contributed by atoms with Crippen LogP contribution in [0.2, 0.25) is 0 Å². The Balaban J connectivity index is 1.94. The van der Waals surface area contributed by atoms with Gasteiger partial charge in [0.15, 0.2) is 11.6 Å². The molecular formula is C18H19F2N5O3. The number of aromatic nitrogens is 2. The number of halogens is 2. The van der Waals surface area contributed by atoms with Crippen molar-refractivity contribution in [3.63, 3.8) is 0 Å². The maximum atomic E-state index is 13.8. The summed E-state index contributed by atoms with van der Waals surface area (Å²) >= 11 is 0. The molecule has 0 saturated heterocycles. The molecule has 3 rings (SSSR count). The highest BCUT2D eigenvalue weighted by molar-refractivity contribution is 5.99. The average molecular weight is 391 g/mol. The van der Waals surface area contributed by atoms with E-state index in [1.54, 1.807) is 31.2 Å². The third-order valence-electron chi connectivity index (χ3n) is 4.35. The van der Waals surface area contributed by atoms with Crippen molar-refractivity contribution in [2.45, 2.75) is 13.0 Å². The molecule has 0 bridgehead atoms.